The monoisotopic (exact) mass is 363 g/mol. The van der Waals surface area contributed by atoms with Gasteiger partial charge in [-0.1, -0.05) is 0 Å². The van der Waals surface area contributed by atoms with E-state index in [1.807, 2.05) is 16.9 Å². The number of nitrogens with one attached hydrogen (secondary N) is 1. The lowest BCUT2D eigenvalue weighted by Crippen LogP contribution is -2.29. The Labute approximate surface area is 156 Å². The molecule has 138 valence electrons. The Bertz CT molecular complexity index is 1030. The Kier molecular flexibility index (Phi) is 3.60. The highest BCUT2D eigenvalue weighted by Crippen LogP contribution is 2.40. The van der Waals surface area contributed by atoms with Crippen LogP contribution in [0.2, 0.25) is 0 Å². The van der Waals surface area contributed by atoms with Crippen LogP contribution >= 0.6 is 0 Å². The number of hydrogen-bond acceptors (Lipinski definition) is 5. The molecule has 1 N–H and O–H groups in total. The molecule has 8 heteroatoms. The summed E-state index contributed by atoms with van der Waals surface area (Å²) in [4.78, 5) is 21.3. The molecule has 1 unspecified atom stereocenters. The highest BCUT2D eigenvalue weighted by atomic mass is 16.2. The first-order chi connectivity index (χ1) is 13.1. The maximum Gasteiger partial charge on any atom is 0.289 e. The Morgan fingerprint density at radius 2 is 2.07 bits per heavy atom. The van der Waals surface area contributed by atoms with Crippen LogP contribution in [-0.2, 0) is 13.6 Å². The highest BCUT2D eigenvalue weighted by Gasteiger charge is 2.29. The van der Waals surface area contributed by atoms with E-state index in [4.69, 9.17) is 5.10 Å². The predicted molar refractivity (Wildman–Crippen MR) is 98.0 cm³/mol. The average molecular weight is 363 g/mol. The summed E-state index contributed by atoms with van der Waals surface area (Å²) in [5.41, 5.74) is 4.20. The number of fused-ring (bicyclic) bond motifs is 1. The minimum absolute atomic E-state index is 0.0690. The van der Waals surface area contributed by atoms with E-state index in [-0.39, 0.29) is 11.9 Å². The van der Waals surface area contributed by atoms with Crippen LogP contribution in [0.4, 0.5) is 0 Å². The molecule has 1 fully saturated rings. The maximum atomic E-state index is 12.6. The first-order valence-electron chi connectivity index (χ1n) is 9.31. The van der Waals surface area contributed by atoms with E-state index in [1.54, 1.807) is 14.0 Å². The van der Waals surface area contributed by atoms with Gasteiger partial charge in [-0.15, -0.1) is 0 Å². The van der Waals surface area contributed by atoms with Crippen molar-refractivity contribution in [2.75, 3.05) is 0 Å². The van der Waals surface area contributed by atoms with Gasteiger partial charge in [0.1, 0.15) is 5.82 Å². The van der Waals surface area contributed by atoms with Crippen molar-refractivity contribution in [2.45, 2.75) is 44.7 Å². The molecule has 0 saturated heterocycles. The minimum Gasteiger partial charge on any atom is -0.341 e. The van der Waals surface area contributed by atoms with Crippen molar-refractivity contribution in [3.8, 4) is 11.3 Å². The lowest BCUT2D eigenvalue weighted by Gasteiger charge is -2.11. The number of hydrogen-bond donors (Lipinski definition) is 1. The topological polar surface area (TPSA) is 90.5 Å². The lowest BCUT2D eigenvalue weighted by molar-refractivity contribution is 0.0922. The zero-order valence-electron chi connectivity index (χ0n) is 15.4. The third-order valence-corrected chi connectivity index (χ3v) is 5.25. The quantitative estimate of drug-likeness (QED) is 0.767. The smallest absolute Gasteiger partial charge is 0.289 e. The molecule has 1 aliphatic carbocycles. The molecular formula is C19H21N7O. The molecule has 2 aliphatic rings. The zero-order chi connectivity index (χ0) is 18.5. The molecule has 1 aliphatic heterocycles. The summed E-state index contributed by atoms with van der Waals surface area (Å²) in [5.74, 6) is 1.32. The molecular weight excluding hydrogens is 342 g/mol. The summed E-state index contributed by atoms with van der Waals surface area (Å²) in [6, 6.07) is 6.15. The Hall–Kier alpha value is -3.03. The summed E-state index contributed by atoms with van der Waals surface area (Å²) in [6.45, 7) is 2.57. The second-order valence-electron chi connectivity index (χ2n) is 7.34. The number of rotatable bonds is 4. The van der Waals surface area contributed by atoms with Crippen LogP contribution in [0.15, 0.2) is 24.4 Å². The molecule has 8 nitrogen and oxygen atoms in total. The van der Waals surface area contributed by atoms with Crippen LogP contribution in [0, 0.1) is 6.92 Å². The normalized spacial score (nSPS) is 18.5. The standard InChI is InChI=1S/C19H21N7O/c1-11-21-18(25(2)23-11)19(27)22-14-6-8-26-17(14)10-16(24-26)13-5-7-20-15(9-13)12-3-4-12/h5,7,9-10,12,14H,3-4,6,8H2,1-2H3,(H,22,27). The second kappa shape index (κ2) is 6.00. The Morgan fingerprint density at radius 3 is 2.81 bits per heavy atom. The molecule has 27 heavy (non-hydrogen) atoms. The molecule has 3 aromatic rings. The largest absolute Gasteiger partial charge is 0.341 e. The molecule has 1 amide bonds. The van der Waals surface area contributed by atoms with Gasteiger partial charge in [-0.3, -0.25) is 14.5 Å². The molecule has 1 atom stereocenters. The Balaban J connectivity index is 1.38. The van der Waals surface area contributed by atoms with Crippen LogP contribution in [0.1, 0.15) is 59.1 Å². The van der Waals surface area contributed by atoms with Crippen molar-refractivity contribution >= 4 is 5.91 Å². The summed E-state index contributed by atoms with van der Waals surface area (Å²) < 4.78 is 3.50. The lowest BCUT2D eigenvalue weighted by atomic mass is 10.1. The van der Waals surface area contributed by atoms with Crippen molar-refractivity contribution in [3.63, 3.8) is 0 Å². The zero-order valence-corrected chi connectivity index (χ0v) is 15.4. The van der Waals surface area contributed by atoms with E-state index in [9.17, 15) is 4.79 Å². The number of aryl methyl sites for hydroxylation is 3. The fourth-order valence-corrected chi connectivity index (χ4v) is 3.72. The number of nitrogens with zero attached hydrogens (tertiary/aromatic N) is 6. The van der Waals surface area contributed by atoms with Gasteiger partial charge in [0.25, 0.3) is 5.91 Å². The van der Waals surface area contributed by atoms with Gasteiger partial charge >= 0.3 is 0 Å². The van der Waals surface area contributed by atoms with E-state index in [0.29, 0.717) is 17.6 Å². The molecule has 3 aromatic heterocycles. The molecule has 5 rings (SSSR count). The van der Waals surface area contributed by atoms with Crippen LogP contribution < -0.4 is 5.32 Å². The number of carbonyl (C=O) groups excluding carboxylic acids is 1. The van der Waals surface area contributed by atoms with Gasteiger partial charge in [-0.25, -0.2) is 9.67 Å². The van der Waals surface area contributed by atoms with Crippen molar-refractivity contribution in [2.24, 2.45) is 7.05 Å². The number of aromatic nitrogens is 6. The average Bonchev–Trinajstić information content (AvgIpc) is 3.19. The summed E-state index contributed by atoms with van der Waals surface area (Å²) in [5, 5.41) is 12.0. The Morgan fingerprint density at radius 1 is 1.22 bits per heavy atom. The predicted octanol–water partition coefficient (Wildman–Crippen LogP) is 2.13. The summed E-state index contributed by atoms with van der Waals surface area (Å²) in [6.07, 6.45) is 5.15. The van der Waals surface area contributed by atoms with Gasteiger partial charge in [0, 0.05) is 37.0 Å². The molecule has 4 heterocycles. The fraction of sp³-hybridized carbons (Fsp3) is 0.421. The number of amides is 1. The van der Waals surface area contributed by atoms with E-state index in [0.717, 1.165) is 35.6 Å². The molecule has 0 bridgehead atoms. The van der Waals surface area contributed by atoms with Crippen molar-refractivity contribution in [1.29, 1.82) is 0 Å². The first-order valence-corrected chi connectivity index (χ1v) is 9.31. The van der Waals surface area contributed by atoms with E-state index >= 15 is 0 Å². The van der Waals surface area contributed by atoms with E-state index in [2.05, 4.69) is 32.5 Å². The van der Waals surface area contributed by atoms with Crippen molar-refractivity contribution in [3.05, 3.63) is 47.4 Å². The maximum absolute atomic E-state index is 12.6. The van der Waals surface area contributed by atoms with Crippen LogP contribution in [0.25, 0.3) is 11.3 Å². The molecule has 0 aromatic carbocycles. The third-order valence-electron chi connectivity index (χ3n) is 5.25. The summed E-state index contributed by atoms with van der Waals surface area (Å²) >= 11 is 0. The van der Waals surface area contributed by atoms with Gasteiger partial charge in [0.05, 0.1) is 17.4 Å². The highest BCUT2D eigenvalue weighted by molar-refractivity contribution is 5.91. The van der Waals surface area contributed by atoms with Gasteiger partial charge in [-0.05, 0) is 44.4 Å². The number of pyridine rings is 1. The summed E-state index contributed by atoms with van der Waals surface area (Å²) in [7, 11) is 1.73. The number of carbonyl (C=O) groups is 1. The van der Waals surface area contributed by atoms with Gasteiger partial charge < -0.3 is 5.32 Å². The van der Waals surface area contributed by atoms with Gasteiger partial charge in [0.15, 0.2) is 0 Å². The van der Waals surface area contributed by atoms with E-state index in [1.165, 1.54) is 17.5 Å². The van der Waals surface area contributed by atoms with Gasteiger partial charge in [-0.2, -0.15) is 10.2 Å². The molecule has 1 saturated carbocycles. The second-order valence-corrected chi connectivity index (χ2v) is 7.34. The SMILES string of the molecule is Cc1nc(C(=O)NC2CCn3nc(-c4ccnc(C5CC5)c4)cc32)n(C)n1. The van der Waals surface area contributed by atoms with Crippen LogP contribution in [0.5, 0.6) is 0 Å². The van der Waals surface area contributed by atoms with Crippen molar-refractivity contribution in [1.82, 2.24) is 34.8 Å². The van der Waals surface area contributed by atoms with Crippen LogP contribution in [0.3, 0.4) is 0 Å². The first kappa shape index (κ1) is 16.2. The van der Waals surface area contributed by atoms with Gasteiger partial charge in [0.2, 0.25) is 5.82 Å². The van der Waals surface area contributed by atoms with E-state index < -0.39 is 0 Å². The van der Waals surface area contributed by atoms with Crippen molar-refractivity contribution < 1.29 is 4.79 Å². The minimum atomic E-state index is -0.209. The third kappa shape index (κ3) is 2.90. The molecule has 0 spiro atoms. The molecule has 0 radical (unpaired) electrons. The fourth-order valence-electron chi connectivity index (χ4n) is 3.72. The van der Waals surface area contributed by atoms with Crippen LogP contribution in [-0.4, -0.2) is 35.4 Å².